The van der Waals surface area contributed by atoms with E-state index in [0.717, 1.165) is 34.2 Å². The molecule has 2 aromatic carbocycles. The maximum Gasteiger partial charge on any atom is 0.220 e. The molecule has 1 aliphatic heterocycles. The molecule has 3 aromatic rings. The Labute approximate surface area is 172 Å². The lowest BCUT2D eigenvalue weighted by atomic mass is 9.95. The standard InChI is InChI=1S/C23H16N6O/c24-12-14-13-26-19-11-21-20(28-23(25)29-21)10-18(19)22(14)27-15-6-8-17(9-7-15)30-16-4-2-1-3-5-16/h1-10,13H,11H2,(H2,25,28)(H,26,27). The summed E-state index contributed by atoms with van der Waals surface area (Å²) in [5.74, 6) is 1.74. The minimum Gasteiger partial charge on any atom is -0.457 e. The zero-order valence-electron chi connectivity index (χ0n) is 15.8. The van der Waals surface area contributed by atoms with Crippen LogP contribution in [0.4, 0.5) is 11.4 Å². The van der Waals surface area contributed by atoms with Gasteiger partial charge in [0.15, 0.2) is 0 Å². The molecule has 7 heteroatoms. The fraction of sp³-hybridized carbons (Fsp3) is 0.0435. The lowest BCUT2D eigenvalue weighted by molar-refractivity contribution is 0.483. The number of fused-ring (bicyclic) bond motifs is 2. The van der Waals surface area contributed by atoms with Crippen molar-refractivity contribution in [3.63, 3.8) is 0 Å². The maximum absolute atomic E-state index is 9.59. The van der Waals surface area contributed by atoms with Crippen LogP contribution in [0.1, 0.15) is 16.8 Å². The summed E-state index contributed by atoms with van der Waals surface area (Å²) >= 11 is 0. The van der Waals surface area contributed by atoms with E-state index in [4.69, 9.17) is 10.5 Å². The number of hydrogen-bond donors (Lipinski definition) is 2. The van der Waals surface area contributed by atoms with E-state index < -0.39 is 0 Å². The number of nitrogens with one attached hydrogen (secondary N) is 1. The molecular weight excluding hydrogens is 376 g/mol. The van der Waals surface area contributed by atoms with E-state index in [-0.39, 0.29) is 5.96 Å². The summed E-state index contributed by atoms with van der Waals surface area (Å²) in [4.78, 5) is 12.9. The van der Waals surface area contributed by atoms with Gasteiger partial charge in [-0.2, -0.15) is 5.26 Å². The number of rotatable bonds is 4. The number of para-hydroxylation sites is 1. The van der Waals surface area contributed by atoms with Gasteiger partial charge in [0.2, 0.25) is 5.96 Å². The second-order valence-corrected chi connectivity index (χ2v) is 6.82. The minimum absolute atomic E-state index is 0.244. The van der Waals surface area contributed by atoms with E-state index in [1.54, 1.807) is 6.20 Å². The Balaban J connectivity index is 1.45. The molecule has 0 bridgehead atoms. The summed E-state index contributed by atoms with van der Waals surface area (Å²) in [6, 6.07) is 19.4. The number of pyridine rings is 1. The van der Waals surface area contributed by atoms with Gasteiger partial charge in [0.25, 0.3) is 0 Å². The third kappa shape index (κ3) is 3.27. The van der Waals surface area contributed by atoms with E-state index in [0.29, 0.717) is 23.4 Å². The Morgan fingerprint density at radius 3 is 2.53 bits per heavy atom. The van der Waals surface area contributed by atoms with Gasteiger partial charge in [0.1, 0.15) is 17.6 Å². The quantitative estimate of drug-likeness (QED) is 0.693. The van der Waals surface area contributed by atoms with Gasteiger partial charge in [0, 0.05) is 23.9 Å². The smallest absolute Gasteiger partial charge is 0.220 e. The van der Waals surface area contributed by atoms with Crippen molar-refractivity contribution in [1.29, 1.82) is 5.26 Å². The Bertz CT molecular complexity index is 1270. The Morgan fingerprint density at radius 2 is 1.77 bits per heavy atom. The van der Waals surface area contributed by atoms with E-state index in [1.165, 1.54) is 0 Å². The summed E-state index contributed by atoms with van der Waals surface area (Å²) in [5, 5.41) is 12.9. The molecule has 0 radical (unpaired) electrons. The molecule has 2 aliphatic rings. The van der Waals surface area contributed by atoms with E-state index >= 15 is 0 Å². The van der Waals surface area contributed by atoms with Gasteiger partial charge in [-0.3, -0.25) is 4.98 Å². The normalized spacial score (nSPS) is 13.9. The highest BCUT2D eigenvalue weighted by Crippen LogP contribution is 2.34. The zero-order valence-corrected chi connectivity index (χ0v) is 15.8. The van der Waals surface area contributed by atoms with Crippen LogP contribution in [0.25, 0.3) is 6.08 Å². The number of aliphatic imine (C=N–C) groups is 2. The van der Waals surface area contributed by atoms with Crippen LogP contribution in [0.3, 0.4) is 0 Å². The lowest BCUT2D eigenvalue weighted by Gasteiger charge is -2.18. The molecule has 2 heterocycles. The SMILES string of the molecule is N#Cc1cnc2c(c1Nc1ccc(Oc3ccccc3)cc1)C=C1N=C(N)N=C1C2. The molecule has 7 nitrogen and oxygen atoms in total. The summed E-state index contributed by atoms with van der Waals surface area (Å²) in [6.45, 7) is 0. The van der Waals surface area contributed by atoms with Gasteiger partial charge >= 0.3 is 0 Å². The summed E-state index contributed by atoms with van der Waals surface area (Å²) < 4.78 is 5.84. The molecule has 0 fully saturated rings. The first-order valence-electron chi connectivity index (χ1n) is 9.35. The largest absolute Gasteiger partial charge is 0.457 e. The molecule has 0 saturated heterocycles. The fourth-order valence-corrected chi connectivity index (χ4v) is 3.41. The van der Waals surface area contributed by atoms with Crippen LogP contribution in [0.5, 0.6) is 11.5 Å². The van der Waals surface area contributed by atoms with Gasteiger partial charge in [-0.1, -0.05) is 18.2 Å². The van der Waals surface area contributed by atoms with Gasteiger partial charge in [-0.25, -0.2) is 9.98 Å². The van der Waals surface area contributed by atoms with Crippen LogP contribution in [0.2, 0.25) is 0 Å². The van der Waals surface area contributed by atoms with Crippen molar-refractivity contribution in [2.45, 2.75) is 6.42 Å². The van der Waals surface area contributed by atoms with Crippen molar-refractivity contribution in [2.75, 3.05) is 5.32 Å². The predicted molar refractivity (Wildman–Crippen MR) is 116 cm³/mol. The molecule has 0 amide bonds. The molecular formula is C23H16N6O. The summed E-state index contributed by atoms with van der Waals surface area (Å²) in [6.07, 6.45) is 3.98. The number of hydrogen-bond acceptors (Lipinski definition) is 7. The van der Waals surface area contributed by atoms with Crippen LogP contribution >= 0.6 is 0 Å². The highest BCUT2D eigenvalue weighted by atomic mass is 16.5. The first kappa shape index (κ1) is 17.6. The molecule has 1 aromatic heterocycles. The number of nitrogens with zero attached hydrogens (tertiary/aromatic N) is 4. The predicted octanol–water partition coefficient (Wildman–Crippen LogP) is 4.16. The topological polar surface area (TPSA) is 109 Å². The number of allylic oxidation sites excluding steroid dienone is 1. The fourth-order valence-electron chi connectivity index (χ4n) is 3.41. The number of benzene rings is 2. The van der Waals surface area contributed by atoms with Crippen LogP contribution in [-0.2, 0) is 6.42 Å². The number of nitrogens with two attached hydrogens (primary N) is 1. The summed E-state index contributed by atoms with van der Waals surface area (Å²) in [5.41, 5.74) is 10.9. The van der Waals surface area contributed by atoms with Crippen LogP contribution in [0, 0.1) is 11.3 Å². The van der Waals surface area contributed by atoms with Gasteiger partial charge in [-0.15, -0.1) is 0 Å². The van der Waals surface area contributed by atoms with Crippen LogP contribution in [-0.4, -0.2) is 16.7 Å². The van der Waals surface area contributed by atoms with Crippen LogP contribution < -0.4 is 15.8 Å². The Kier molecular flexibility index (Phi) is 4.23. The summed E-state index contributed by atoms with van der Waals surface area (Å²) in [7, 11) is 0. The molecule has 5 rings (SSSR count). The average Bonchev–Trinajstić information content (AvgIpc) is 3.13. The van der Waals surface area contributed by atoms with Crippen molar-refractivity contribution in [3.05, 3.63) is 83.3 Å². The molecule has 30 heavy (non-hydrogen) atoms. The maximum atomic E-state index is 9.59. The second-order valence-electron chi connectivity index (χ2n) is 6.82. The molecule has 1 aliphatic carbocycles. The lowest BCUT2D eigenvalue weighted by Crippen LogP contribution is -2.14. The van der Waals surface area contributed by atoms with Crippen molar-refractivity contribution in [3.8, 4) is 17.6 Å². The monoisotopic (exact) mass is 392 g/mol. The molecule has 0 atom stereocenters. The second kappa shape index (κ2) is 7.18. The van der Waals surface area contributed by atoms with Gasteiger partial charge < -0.3 is 15.8 Å². The van der Waals surface area contributed by atoms with E-state index in [1.807, 2.05) is 60.7 Å². The van der Waals surface area contributed by atoms with Crippen LogP contribution in [0.15, 0.2) is 76.5 Å². The highest BCUT2D eigenvalue weighted by molar-refractivity contribution is 6.17. The average molecular weight is 392 g/mol. The van der Waals surface area contributed by atoms with Gasteiger partial charge in [0.05, 0.1) is 28.4 Å². The minimum atomic E-state index is 0.244. The third-order valence-electron chi connectivity index (χ3n) is 4.82. The van der Waals surface area contributed by atoms with Crippen molar-refractivity contribution in [1.82, 2.24) is 4.98 Å². The van der Waals surface area contributed by atoms with Gasteiger partial charge in [-0.05, 0) is 42.5 Å². The number of anilines is 2. The number of nitriles is 1. The number of aromatic nitrogens is 1. The number of ether oxygens (including phenoxy) is 1. The first-order valence-corrected chi connectivity index (χ1v) is 9.35. The zero-order chi connectivity index (χ0) is 20.5. The third-order valence-corrected chi connectivity index (χ3v) is 4.82. The van der Waals surface area contributed by atoms with E-state index in [2.05, 4.69) is 26.4 Å². The molecule has 0 saturated carbocycles. The van der Waals surface area contributed by atoms with Crippen molar-refractivity contribution < 1.29 is 4.74 Å². The highest BCUT2D eigenvalue weighted by Gasteiger charge is 2.25. The molecule has 144 valence electrons. The number of guanidine groups is 1. The van der Waals surface area contributed by atoms with Crippen molar-refractivity contribution in [2.24, 2.45) is 15.7 Å². The molecule has 0 unspecified atom stereocenters. The first-order chi connectivity index (χ1) is 14.7. The molecule has 3 N–H and O–H groups in total. The Hall–Kier alpha value is -4.44. The molecule has 0 spiro atoms. The van der Waals surface area contributed by atoms with E-state index in [9.17, 15) is 5.26 Å². The van der Waals surface area contributed by atoms with Crippen molar-refractivity contribution >= 4 is 29.1 Å². The Morgan fingerprint density at radius 1 is 1.00 bits per heavy atom.